The van der Waals surface area contributed by atoms with E-state index in [4.69, 9.17) is 9.84 Å². The Balaban J connectivity index is 2.01. The third kappa shape index (κ3) is 12.2. The highest BCUT2D eigenvalue weighted by Gasteiger charge is 2.38. The fourth-order valence-electron chi connectivity index (χ4n) is 4.71. The number of urea groups is 1. The summed E-state index contributed by atoms with van der Waals surface area (Å²) < 4.78 is 5.15. The van der Waals surface area contributed by atoms with Crippen LogP contribution in [0, 0.1) is 22.5 Å². The second-order valence-corrected chi connectivity index (χ2v) is 11.1. The van der Waals surface area contributed by atoms with Gasteiger partial charge in [-0.15, -0.1) is 0 Å². The van der Waals surface area contributed by atoms with Gasteiger partial charge in [-0.3, -0.25) is 14.3 Å². The van der Waals surface area contributed by atoms with Crippen molar-refractivity contribution in [1.82, 2.24) is 4.90 Å². The van der Waals surface area contributed by atoms with Gasteiger partial charge >= 0.3 is 12.0 Å². The summed E-state index contributed by atoms with van der Waals surface area (Å²) in [5.74, 6) is 0.585. The van der Waals surface area contributed by atoms with Gasteiger partial charge < -0.3 is 15.1 Å². The van der Waals surface area contributed by atoms with Crippen molar-refractivity contribution in [1.29, 1.82) is 0 Å². The van der Waals surface area contributed by atoms with Crippen LogP contribution in [0.25, 0.3) is 0 Å². The van der Waals surface area contributed by atoms with E-state index in [0.29, 0.717) is 38.0 Å². The summed E-state index contributed by atoms with van der Waals surface area (Å²) in [6.07, 6.45) is 9.65. The van der Waals surface area contributed by atoms with Gasteiger partial charge in [-0.1, -0.05) is 47.0 Å². The summed E-state index contributed by atoms with van der Waals surface area (Å²) >= 11 is 0. The molecule has 2 amide bonds. The molecule has 0 aromatic carbocycles. The van der Waals surface area contributed by atoms with Gasteiger partial charge in [-0.2, -0.15) is 0 Å². The van der Waals surface area contributed by atoms with Gasteiger partial charge in [0.2, 0.25) is 0 Å². The lowest BCUT2D eigenvalue weighted by Gasteiger charge is -2.33. The maximum absolute atomic E-state index is 12.2. The molecule has 194 valence electrons. The van der Waals surface area contributed by atoms with Crippen molar-refractivity contribution < 1.29 is 24.1 Å². The highest BCUT2D eigenvalue weighted by atomic mass is 16.6. The number of hydrogen-bond donors (Lipinski definition) is 1. The molecule has 3 unspecified atom stereocenters. The van der Waals surface area contributed by atoms with Crippen LogP contribution in [0.3, 0.4) is 0 Å². The normalized spacial score (nSPS) is 20.9. The van der Waals surface area contributed by atoms with Crippen LogP contribution < -0.4 is 0 Å². The molecule has 1 fully saturated rings. The van der Waals surface area contributed by atoms with Crippen molar-refractivity contribution in [3.8, 4) is 0 Å². The first-order chi connectivity index (χ1) is 15.5. The molecule has 3 atom stereocenters. The zero-order valence-corrected chi connectivity index (χ0v) is 21.9. The smallest absolute Gasteiger partial charge is 0.419 e. The summed E-state index contributed by atoms with van der Waals surface area (Å²) in [6, 6.07) is -0.249. The van der Waals surface area contributed by atoms with Crippen LogP contribution in [-0.2, 0) is 9.53 Å². The van der Waals surface area contributed by atoms with Crippen LogP contribution >= 0.6 is 0 Å². The number of carboxylic acids is 1. The first-order valence-corrected chi connectivity index (χ1v) is 13.2. The fraction of sp³-hybridized carbons (Fsp3) is 0.923. The fourth-order valence-corrected chi connectivity index (χ4v) is 4.71. The zero-order chi connectivity index (χ0) is 24.9. The Bertz CT molecular complexity index is 583. The molecule has 0 aromatic heterocycles. The Morgan fingerprint density at radius 1 is 1.12 bits per heavy atom. The summed E-state index contributed by atoms with van der Waals surface area (Å²) in [4.78, 5) is 24.6. The second-order valence-electron chi connectivity index (χ2n) is 11.1. The molecule has 7 nitrogen and oxygen atoms in total. The number of unbranched alkanes of at least 4 members (excludes halogenated alkanes) is 2. The monoisotopic (exact) mass is 470 g/mol. The van der Waals surface area contributed by atoms with E-state index in [1.54, 1.807) is 11.8 Å². The predicted molar refractivity (Wildman–Crippen MR) is 133 cm³/mol. The van der Waals surface area contributed by atoms with Crippen molar-refractivity contribution in [3.05, 3.63) is 5.21 Å². The van der Waals surface area contributed by atoms with E-state index in [1.807, 2.05) is 0 Å². The van der Waals surface area contributed by atoms with E-state index in [1.165, 1.54) is 6.42 Å². The zero-order valence-electron chi connectivity index (χ0n) is 21.9. The summed E-state index contributed by atoms with van der Waals surface area (Å²) in [6.45, 7) is 14.3. The lowest BCUT2D eigenvalue weighted by Crippen LogP contribution is -2.45. The van der Waals surface area contributed by atoms with Crippen molar-refractivity contribution in [2.75, 3.05) is 39.4 Å². The third-order valence-corrected chi connectivity index (χ3v) is 7.20. The number of quaternary nitrogens is 1. The molecular formula is C26H50N2O5. The van der Waals surface area contributed by atoms with Crippen molar-refractivity contribution in [3.63, 3.8) is 0 Å². The predicted octanol–water partition coefficient (Wildman–Crippen LogP) is 6.06. The molecule has 0 radical (unpaired) electrons. The number of carbonyl (C=O) groups is 2. The van der Waals surface area contributed by atoms with Gasteiger partial charge in [0.1, 0.15) is 6.54 Å². The van der Waals surface area contributed by atoms with Crippen molar-refractivity contribution in [2.24, 2.45) is 17.3 Å². The molecule has 0 saturated carbocycles. The second kappa shape index (κ2) is 14.9. The van der Waals surface area contributed by atoms with Gasteiger partial charge in [0.15, 0.2) is 0 Å². The van der Waals surface area contributed by atoms with Crippen LogP contribution in [-0.4, -0.2) is 66.0 Å². The molecule has 1 N–H and O–H groups in total. The molecule has 0 bridgehead atoms. The first kappa shape index (κ1) is 29.9. The van der Waals surface area contributed by atoms with Gasteiger partial charge in [0.05, 0.1) is 13.1 Å². The largest absolute Gasteiger partial charge is 0.624 e. The average molecular weight is 471 g/mol. The Hall–Kier alpha value is -1.18. The number of amides is 2. The number of hydroxylamine groups is 3. The van der Waals surface area contributed by atoms with E-state index in [0.717, 1.165) is 64.6 Å². The molecule has 0 aliphatic carbocycles. The van der Waals surface area contributed by atoms with E-state index in [-0.39, 0.29) is 17.9 Å². The van der Waals surface area contributed by atoms with E-state index in [9.17, 15) is 14.8 Å². The number of likely N-dealkylation sites (N-methyl/N-ethyl adjacent to an activating group) is 1. The Morgan fingerprint density at radius 3 is 2.45 bits per heavy atom. The van der Waals surface area contributed by atoms with Crippen LogP contribution in [0.4, 0.5) is 4.79 Å². The number of ether oxygens (including phenoxy) is 1. The third-order valence-electron chi connectivity index (χ3n) is 7.20. The topological polar surface area (TPSA) is 89.9 Å². The Morgan fingerprint density at radius 2 is 1.82 bits per heavy atom. The molecule has 1 aliphatic heterocycles. The van der Waals surface area contributed by atoms with Gasteiger partial charge in [0, 0.05) is 26.2 Å². The minimum absolute atomic E-state index is 0.0857. The van der Waals surface area contributed by atoms with Crippen LogP contribution in [0.5, 0.6) is 0 Å². The van der Waals surface area contributed by atoms with Crippen molar-refractivity contribution >= 4 is 12.0 Å². The Labute approximate surface area is 202 Å². The number of hydrogen-bond acceptors (Lipinski definition) is 4. The summed E-state index contributed by atoms with van der Waals surface area (Å²) in [5, 5.41) is 21.1. The molecule has 1 saturated heterocycles. The molecule has 0 aromatic rings. The van der Waals surface area contributed by atoms with Gasteiger partial charge in [-0.05, 0) is 62.7 Å². The van der Waals surface area contributed by atoms with Crippen LogP contribution in [0.15, 0.2) is 0 Å². The van der Waals surface area contributed by atoms with Gasteiger partial charge in [-0.25, -0.2) is 4.79 Å². The lowest BCUT2D eigenvalue weighted by molar-refractivity contribution is -0.787. The maximum Gasteiger partial charge on any atom is 0.419 e. The van der Waals surface area contributed by atoms with Gasteiger partial charge in [0.25, 0.3) is 0 Å². The summed E-state index contributed by atoms with van der Waals surface area (Å²) in [7, 11) is 0. The SMILES string of the molecule is CC[N+]1([O-])CCN(CCCCC(C)CC(C)CCOCCCCC(C)(C)CCC(=O)O)C1=O. The number of rotatable bonds is 19. The van der Waals surface area contributed by atoms with Crippen LogP contribution in [0.2, 0.25) is 0 Å². The number of carbonyl (C=O) groups excluding carboxylic acids is 1. The molecule has 7 heteroatoms. The molecular weight excluding hydrogens is 420 g/mol. The molecule has 0 spiro atoms. The number of nitrogens with zero attached hydrogens (tertiary/aromatic N) is 2. The molecule has 33 heavy (non-hydrogen) atoms. The highest BCUT2D eigenvalue weighted by molar-refractivity contribution is 5.69. The van der Waals surface area contributed by atoms with Crippen molar-refractivity contribution in [2.45, 2.75) is 98.8 Å². The number of carboxylic acid groups (broad SMARTS) is 1. The standard InChI is InChI=1S/C26H50N2O5/c1-6-28(32)18-17-27(25(28)31)16-9-7-11-22(2)21-23(3)13-20-33-19-10-8-14-26(4,5)15-12-24(29)30/h22-23H,6-21H2,1-5H3,(H,29,30). The first-order valence-electron chi connectivity index (χ1n) is 13.2. The minimum atomic E-state index is -0.712. The van der Waals surface area contributed by atoms with E-state index in [2.05, 4.69) is 27.7 Å². The quantitative estimate of drug-likeness (QED) is 0.141. The van der Waals surface area contributed by atoms with E-state index >= 15 is 0 Å². The highest BCUT2D eigenvalue weighted by Crippen LogP contribution is 2.29. The lowest BCUT2D eigenvalue weighted by atomic mass is 9.83. The molecule has 1 heterocycles. The van der Waals surface area contributed by atoms with Crippen LogP contribution in [0.1, 0.15) is 98.8 Å². The minimum Gasteiger partial charge on any atom is -0.624 e. The molecule has 1 aliphatic rings. The average Bonchev–Trinajstić information content (AvgIpc) is 3.03. The Kier molecular flexibility index (Phi) is 13.5. The number of aliphatic carboxylic acids is 1. The summed E-state index contributed by atoms with van der Waals surface area (Å²) in [5.41, 5.74) is 0.0857. The maximum atomic E-state index is 12.2. The molecule has 1 rings (SSSR count). The van der Waals surface area contributed by atoms with E-state index < -0.39 is 10.6 Å².